The molecule has 0 radical (unpaired) electrons. The fourth-order valence-electron chi connectivity index (χ4n) is 2.14. The van der Waals surface area contributed by atoms with E-state index in [1.807, 2.05) is 26.0 Å². The first-order valence-corrected chi connectivity index (χ1v) is 9.82. The third kappa shape index (κ3) is 4.83. The van der Waals surface area contributed by atoms with E-state index in [0.29, 0.717) is 11.4 Å². The van der Waals surface area contributed by atoms with Gasteiger partial charge in [-0.1, -0.05) is 17.7 Å². The molecule has 0 aliphatic carbocycles. The summed E-state index contributed by atoms with van der Waals surface area (Å²) >= 11 is 1.48. The van der Waals surface area contributed by atoms with E-state index in [4.69, 9.17) is 0 Å². The number of aryl methyl sites for hydroxylation is 2. The van der Waals surface area contributed by atoms with Crippen molar-refractivity contribution in [3.8, 4) is 0 Å². The number of carbonyl (C=O) groups excluding carboxylic acids is 1. The van der Waals surface area contributed by atoms with Gasteiger partial charge < -0.3 is 5.32 Å². The molecule has 1 amide bonds. The predicted molar refractivity (Wildman–Crippen MR) is 98.0 cm³/mol. The van der Waals surface area contributed by atoms with Crippen LogP contribution in [0.15, 0.2) is 52.3 Å². The Kier molecular flexibility index (Phi) is 6.04. The summed E-state index contributed by atoms with van der Waals surface area (Å²) in [6.07, 6.45) is 0. The lowest BCUT2D eigenvalue weighted by molar-refractivity contribution is -0.113. The first-order chi connectivity index (χ1) is 11.3. The molecule has 24 heavy (non-hydrogen) atoms. The summed E-state index contributed by atoms with van der Waals surface area (Å²) in [4.78, 5) is 13.3. The number of hydrogen-bond donors (Lipinski definition) is 2. The van der Waals surface area contributed by atoms with E-state index in [1.165, 1.54) is 36.5 Å². The quantitative estimate of drug-likeness (QED) is 0.773. The Balaban J connectivity index is 1.95. The number of carbonyl (C=O) groups is 1. The van der Waals surface area contributed by atoms with Crippen LogP contribution in [-0.2, 0) is 14.8 Å². The molecule has 5 nitrogen and oxygen atoms in total. The first kappa shape index (κ1) is 18.5. The van der Waals surface area contributed by atoms with E-state index >= 15 is 0 Å². The fraction of sp³-hybridized carbons (Fsp3) is 0.235. The molecule has 0 atom stereocenters. The summed E-state index contributed by atoms with van der Waals surface area (Å²) in [5, 5.41) is 2.76. The number of nitrogens with one attached hydrogen (secondary N) is 2. The van der Waals surface area contributed by atoms with Crippen LogP contribution in [0.5, 0.6) is 0 Å². The highest BCUT2D eigenvalue weighted by Gasteiger charge is 2.11. The van der Waals surface area contributed by atoms with E-state index in [9.17, 15) is 13.2 Å². The largest absolute Gasteiger partial charge is 0.325 e. The van der Waals surface area contributed by atoms with Gasteiger partial charge in [0.25, 0.3) is 0 Å². The van der Waals surface area contributed by atoms with Crippen molar-refractivity contribution >= 4 is 33.4 Å². The molecule has 2 N–H and O–H groups in total. The summed E-state index contributed by atoms with van der Waals surface area (Å²) in [5.41, 5.74) is 2.91. The van der Waals surface area contributed by atoms with Gasteiger partial charge in [-0.25, -0.2) is 13.1 Å². The summed E-state index contributed by atoms with van der Waals surface area (Å²) in [6, 6.07) is 12.2. The Hall–Kier alpha value is -1.83. The first-order valence-electron chi connectivity index (χ1n) is 7.35. The minimum Gasteiger partial charge on any atom is -0.325 e. The molecule has 0 saturated carbocycles. The summed E-state index contributed by atoms with van der Waals surface area (Å²) < 4.78 is 25.5. The Morgan fingerprint density at radius 3 is 2.33 bits per heavy atom. The second-order valence-corrected chi connectivity index (χ2v) is 8.24. The molecule has 0 spiro atoms. The molecule has 128 valence electrons. The van der Waals surface area contributed by atoms with Crippen molar-refractivity contribution in [2.45, 2.75) is 23.6 Å². The molecule has 0 heterocycles. The van der Waals surface area contributed by atoms with Crippen molar-refractivity contribution in [2.75, 3.05) is 18.1 Å². The van der Waals surface area contributed by atoms with Crippen LogP contribution in [0.3, 0.4) is 0 Å². The maximum atomic E-state index is 12.0. The van der Waals surface area contributed by atoms with E-state index in [-0.39, 0.29) is 10.8 Å². The van der Waals surface area contributed by atoms with Crippen LogP contribution >= 0.6 is 11.8 Å². The van der Waals surface area contributed by atoms with E-state index < -0.39 is 10.0 Å². The number of benzene rings is 2. The number of hydrogen-bond acceptors (Lipinski definition) is 4. The molecule has 0 saturated heterocycles. The SMILES string of the molecule is CNS(=O)(=O)c1ccc(NC(=O)CSc2ccc(C)cc2C)cc1. The number of anilines is 1. The van der Waals surface area contributed by atoms with Gasteiger partial charge in [-0.05, 0) is 56.8 Å². The van der Waals surface area contributed by atoms with Crippen LogP contribution in [0.2, 0.25) is 0 Å². The molecule has 7 heteroatoms. The second-order valence-electron chi connectivity index (χ2n) is 5.34. The van der Waals surface area contributed by atoms with Crippen molar-refractivity contribution in [3.05, 3.63) is 53.6 Å². The molecule has 0 bridgehead atoms. The molecule has 0 fully saturated rings. The van der Waals surface area contributed by atoms with Gasteiger partial charge in [0.1, 0.15) is 0 Å². The zero-order valence-electron chi connectivity index (χ0n) is 13.8. The van der Waals surface area contributed by atoms with Gasteiger partial charge in [-0.3, -0.25) is 4.79 Å². The molecule has 2 rings (SSSR count). The third-order valence-corrected chi connectivity index (χ3v) is 6.01. The average Bonchev–Trinajstić information content (AvgIpc) is 2.54. The van der Waals surface area contributed by atoms with Crippen LogP contribution in [-0.4, -0.2) is 27.1 Å². The van der Waals surface area contributed by atoms with Crippen molar-refractivity contribution < 1.29 is 13.2 Å². The molecule has 0 aliphatic heterocycles. The maximum absolute atomic E-state index is 12.0. The van der Waals surface area contributed by atoms with Crippen LogP contribution in [0.4, 0.5) is 5.69 Å². The highest BCUT2D eigenvalue weighted by molar-refractivity contribution is 8.00. The van der Waals surface area contributed by atoms with Gasteiger partial charge in [0.2, 0.25) is 15.9 Å². The molecule has 2 aromatic rings. The van der Waals surface area contributed by atoms with Gasteiger partial charge in [-0.2, -0.15) is 0 Å². The second kappa shape index (κ2) is 7.83. The topological polar surface area (TPSA) is 75.3 Å². The minimum absolute atomic E-state index is 0.135. The fourth-order valence-corrected chi connectivity index (χ4v) is 3.68. The highest BCUT2D eigenvalue weighted by atomic mass is 32.2. The van der Waals surface area contributed by atoms with Crippen LogP contribution in [0.1, 0.15) is 11.1 Å². The van der Waals surface area contributed by atoms with Crippen LogP contribution in [0, 0.1) is 13.8 Å². The van der Waals surface area contributed by atoms with Gasteiger partial charge in [0.05, 0.1) is 10.6 Å². The number of sulfonamides is 1. The van der Waals surface area contributed by atoms with Crippen molar-refractivity contribution in [2.24, 2.45) is 0 Å². The summed E-state index contributed by atoms with van der Waals surface area (Å²) in [6.45, 7) is 4.06. The predicted octanol–water partition coefficient (Wildman–Crippen LogP) is 2.94. The van der Waals surface area contributed by atoms with E-state index in [2.05, 4.69) is 16.1 Å². The smallest absolute Gasteiger partial charge is 0.240 e. The minimum atomic E-state index is -3.46. The number of rotatable bonds is 6. The molecule has 0 unspecified atom stereocenters. The Morgan fingerprint density at radius 1 is 1.08 bits per heavy atom. The van der Waals surface area contributed by atoms with Gasteiger partial charge in [0.15, 0.2) is 0 Å². The molecule has 2 aromatic carbocycles. The van der Waals surface area contributed by atoms with Gasteiger partial charge >= 0.3 is 0 Å². The Morgan fingerprint density at radius 2 is 1.75 bits per heavy atom. The van der Waals surface area contributed by atoms with Crippen molar-refractivity contribution in [3.63, 3.8) is 0 Å². The molecule has 0 aliphatic rings. The molecular weight excluding hydrogens is 344 g/mol. The normalized spacial score (nSPS) is 11.3. The lowest BCUT2D eigenvalue weighted by Crippen LogP contribution is -2.18. The van der Waals surface area contributed by atoms with Gasteiger partial charge in [0, 0.05) is 10.6 Å². The monoisotopic (exact) mass is 364 g/mol. The zero-order valence-corrected chi connectivity index (χ0v) is 15.4. The number of amides is 1. The summed E-state index contributed by atoms with van der Waals surface area (Å²) in [7, 11) is -2.11. The average molecular weight is 364 g/mol. The summed E-state index contributed by atoms with van der Waals surface area (Å²) in [5.74, 6) is 0.157. The Labute approximate surface area is 146 Å². The maximum Gasteiger partial charge on any atom is 0.240 e. The lowest BCUT2D eigenvalue weighted by atomic mass is 10.2. The molecule has 0 aromatic heterocycles. The van der Waals surface area contributed by atoms with Crippen molar-refractivity contribution in [1.29, 1.82) is 0 Å². The zero-order chi connectivity index (χ0) is 17.7. The standard InChI is InChI=1S/C17H20N2O3S2/c1-12-4-9-16(13(2)10-12)23-11-17(20)19-14-5-7-15(8-6-14)24(21,22)18-3/h4-10,18H,11H2,1-3H3,(H,19,20). The number of thioether (sulfide) groups is 1. The van der Waals surface area contributed by atoms with E-state index in [0.717, 1.165) is 10.5 Å². The highest BCUT2D eigenvalue weighted by Crippen LogP contribution is 2.23. The lowest BCUT2D eigenvalue weighted by Gasteiger charge is -2.08. The molecular formula is C17H20N2O3S2. The third-order valence-electron chi connectivity index (χ3n) is 3.41. The van der Waals surface area contributed by atoms with E-state index in [1.54, 1.807) is 12.1 Å². The van der Waals surface area contributed by atoms with Crippen LogP contribution < -0.4 is 10.0 Å². The van der Waals surface area contributed by atoms with Gasteiger partial charge in [-0.15, -0.1) is 11.8 Å². The van der Waals surface area contributed by atoms with Crippen LogP contribution in [0.25, 0.3) is 0 Å². The van der Waals surface area contributed by atoms with Crippen molar-refractivity contribution in [1.82, 2.24) is 4.72 Å². The Bertz CT molecular complexity index is 831.